The van der Waals surface area contributed by atoms with Gasteiger partial charge in [0.2, 0.25) is 0 Å². The summed E-state index contributed by atoms with van der Waals surface area (Å²) in [5.74, 6) is 0.313. The van der Waals surface area contributed by atoms with Gasteiger partial charge in [-0.2, -0.15) is 0 Å². The number of hydrogen-bond donors (Lipinski definition) is 2. The maximum Gasteiger partial charge on any atom is 0.259 e. The Labute approximate surface area is 153 Å². The maximum absolute atomic E-state index is 13.3. The van der Waals surface area contributed by atoms with E-state index in [1.165, 1.54) is 0 Å². The van der Waals surface area contributed by atoms with Gasteiger partial charge >= 0.3 is 0 Å². The first-order chi connectivity index (χ1) is 12.5. The quantitative estimate of drug-likeness (QED) is 0.858. The molecule has 1 aromatic heterocycles. The molecule has 2 atom stereocenters. The fourth-order valence-corrected chi connectivity index (χ4v) is 3.88. The van der Waals surface area contributed by atoms with Crippen molar-refractivity contribution in [1.29, 1.82) is 0 Å². The van der Waals surface area contributed by atoms with Crippen LogP contribution in [0.3, 0.4) is 0 Å². The van der Waals surface area contributed by atoms with E-state index in [1.807, 2.05) is 37.3 Å². The van der Waals surface area contributed by atoms with Crippen molar-refractivity contribution in [2.24, 2.45) is 5.41 Å². The van der Waals surface area contributed by atoms with Gasteiger partial charge < -0.3 is 19.6 Å². The molecule has 1 amide bonds. The molecule has 26 heavy (non-hydrogen) atoms. The van der Waals surface area contributed by atoms with Gasteiger partial charge in [-0.05, 0) is 19.8 Å². The van der Waals surface area contributed by atoms with Crippen LogP contribution in [-0.2, 0) is 0 Å². The number of hydrogen-bond acceptors (Lipinski definition) is 5. The van der Waals surface area contributed by atoms with Crippen molar-refractivity contribution >= 4 is 5.91 Å². The Hall–Kier alpha value is -2.18. The Morgan fingerprint density at radius 3 is 2.77 bits per heavy atom. The molecule has 6 nitrogen and oxygen atoms in total. The van der Waals surface area contributed by atoms with Crippen LogP contribution in [0.25, 0.3) is 11.3 Å². The standard InChI is InChI=1S/C20H26N2O4/c1-3-10-20(13-23)12-22(11-9-16(20)24)19(25)17-14(2)26-21-18(17)15-7-5-4-6-8-15/h4-8,16,23-24H,3,9-13H2,1-2H3/t16-,20+/m1/s1. The number of piperidine rings is 1. The number of likely N-dealkylation sites (tertiary alicyclic amines) is 1. The predicted octanol–water partition coefficient (Wildman–Crippen LogP) is 2.64. The lowest BCUT2D eigenvalue weighted by molar-refractivity contribution is -0.0720. The molecule has 2 aromatic rings. The summed E-state index contributed by atoms with van der Waals surface area (Å²) in [5, 5.41) is 24.5. The topological polar surface area (TPSA) is 86.8 Å². The molecular formula is C20H26N2O4. The fourth-order valence-electron chi connectivity index (χ4n) is 3.88. The zero-order valence-electron chi connectivity index (χ0n) is 15.3. The van der Waals surface area contributed by atoms with Gasteiger partial charge in [-0.15, -0.1) is 0 Å². The number of carbonyl (C=O) groups excluding carboxylic acids is 1. The van der Waals surface area contributed by atoms with Crippen LogP contribution in [0.1, 0.15) is 42.3 Å². The van der Waals surface area contributed by atoms with Crippen molar-refractivity contribution in [3.63, 3.8) is 0 Å². The molecular weight excluding hydrogens is 332 g/mol. The second kappa shape index (κ2) is 7.60. The summed E-state index contributed by atoms with van der Waals surface area (Å²) in [5.41, 5.74) is 1.15. The zero-order valence-corrected chi connectivity index (χ0v) is 15.3. The molecule has 1 aliphatic rings. The molecule has 1 aliphatic heterocycles. The van der Waals surface area contributed by atoms with Crippen LogP contribution in [0.5, 0.6) is 0 Å². The normalized spacial score (nSPS) is 23.2. The molecule has 0 saturated carbocycles. The number of carbonyl (C=O) groups is 1. The van der Waals surface area contributed by atoms with Crippen LogP contribution in [0, 0.1) is 12.3 Å². The lowest BCUT2D eigenvalue weighted by Crippen LogP contribution is -2.55. The molecule has 1 fully saturated rings. The highest BCUT2D eigenvalue weighted by Crippen LogP contribution is 2.36. The van der Waals surface area contributed by atoms with Crippen molar-refractivity contribution < 1.29 is 19.5 Å². The maximum atomic E-state index is 13.3. The highest BCUT2D eigenvalue weighted by Gasteiger charge is 2.43. The van der Waals surface area contributed by atoms with Crippen LogP contribution in [-0.4, -0.2) is 52.0 Å². The molecule has 1 aromatic carbocycles. The highest BCUT2D eigenvalue weighted by atomic mass is 16.5. The smallest absolute Gasteiger partial charge is 0.259 e. The summed E-state index contributed by atoms with van der Waals surface area (Å²) >= 11 is 0. The van der Waals surface area contributed by atoms with Crippen molar-refractivity contribution in [3.8, 4) is 11.3 Å². The van der Waals surface area contributed by atoms with Gasteiger partial charge in [0.05, 0.1) is 12.7 Å². The van der Waals surface area contributed by atoms with Gasteiger partial charge in [0.1, 0.15) is 17.0 Å². The van der Waals surface area contributed by atoms with Crippen LogP contribution in [0.15, 0.2) is 34.9 Å². The van der Waals surface area contributed by atoms with Gasteiger partial charge in [-0.25, -0.2) is 0 Å². The van der Waals surface area contributed by atoms with Gasteiger partial charge in [0, 0.05) is 24.1 Å². The van der Waals surface area contributed by atoms with Crippen molar-refractivity contribution in [3.05, 3.63) is 41.7 Å². The number of amides is 1. The van der Waals surface area contributed by atoms with Crippen molar-refractivity contribution in [2.75, 3.05) is 19.7 Å². The summed E-state index contributed by atoms with van der Waals surface area (Å²) in [4.78, 5) is 15.0. The Morgan fingerprint density at radius 1 is 1.38 bits per heavy atom. The predicted molar refractivity (Wildman–Crippen MR) is 97.6 cm³/mol. The molecule has 2 N–H and O–H groups in total. The zero-order chi connectivity index (χ0) is 18.7. The lowest BCUT2D eigenvalue weighted by Gasteiger charge is -2.45. The minimum atomic E-state index is -0.666. The van der Waals surface area contributed by atoms with Crippen molar-refractivity contribution in [1.82, 2.24) is 10.1 Å². The molecule has 140 valence electrons. The van der Waals surface area contributed by atoms with Crippen LogP contribution in [0.4, 0.5) is 0 Å². The SMILES string of the molecule is CCC[C@@]1(CO)CN(C(=O)c2c(-c3ccccc3)noc2C)CC[C@H]1O. The Bertz CT molecular complexity index is 758. The molecule has 0 bridgehead atoms. The van der Waals surface area contributed by atoms with E-state index in [4.69, 9.17) is 4.52 Å². The minimum absolute atomic E-state index is 0.139. The molecule has 3 rings (SSSR count). The Morgan fingerprint density at radius 2 is 2.12 bits per heavy atom. The van der Waals surface area contributed by atoms with Crippen LogP contribution in [0.2, 0.25) is 0 Å². The molecule has 6 heteroatoms. The first-order valence-corrected chi connectivity index (χ1v) is 9.12. The fraction of sp³-hybridized carbons (Fsp3) is 0.500. The minimum Gasteiger partial charge on any atom is -0.396 e. The first-order valence-electron chi connectivity index (χ1n) is 9.12. The molecule has 0 radical (unpaired) electrons. The third kappa shape index (κ3) is 3.27. The largest absolute Gasteiger partial charge is 0.396 e. The van der Waals surface area contributed by atoms with Gasteiger partial charge in [-0.1, -0.05) is 48.8 Å². The molecule has 0 spiro atoms. The summed E-state index contributed by atoms with van der Waals surface area (Å²) in [6, 6.07) is 9.47. The average Bonchev–Trinajstić information content (AvgIpc) is 3.05. The Kier molecular flexibility index (Phi) is 5.44. The van der Waals surface area contributed by atoms with E-state index < -0.39 is 11.5 Å². The van der Waals surface area contributed by atoms with E-state index in [9.17, 15) is 15.0 Å². The van der Waals surface area contributed by atoms with E-state index in [0.29, 0.717) is 42.9 Å². The number of benzene rings is 1. The second-order valence-electron chi connectivity index (χ2n) is 7.13. The third-order valence-electron chi connectivity index (χ3n) is 5.36. The third-order valence-corrected chi connectivity index (χ3v) is 5.36. The van der Waals surface area contributed by atoms with E-state index in [-0.39, 0.29) is 12.5 Å². The van der Waals surface area contributed by atoms with Crippen molar-refractivity contribution in [2.45, 2.75) is 39.2 Å². The number of aromatic nitrogens is 1. The number of rotatable bonds is 5. The van der Waals surface area contributed by atoms with E-state index in [1.54, 1.807) is 11.8 Å². The number of nitrogens with zero attached hydrogens (tertiary/aromatic N) is 2. The van der Waals surface area contributed by atoms with E-state index in [2.05, 4.69) is 5.16 Å². The van der Waals surface area contributed by atoms with Gasteiger partial charge in [-0.3, -0.25) is 4.79 Å². The summed E-state index contributed by atoms with van der Waals surface area (Å²) in [6.45, 7) is 4.39. The number of aliphatic hydroxyl groups is 2. The summed E-state index contributed by atoms with van der Waals surface area (Å²) in [6.07, 6.45) is 1.36. The molecule has 1 saturated heterocycles. The van der Waals surface area contributed by atoms with Gasteiger partial charge in [0.15, 0.2) is 0 Å². The number of aryl methyl sites for hydroxylation is 1. The number of aliphatic hydroxyl groups excluding tert-OH is 2. The molecule has 2 heterocycles. The van der Waals surface area contributed by atoms with E-state index >= 15 is 0 Å². The first kappa shape index (κ1) is 18.6. The van der Waals surface area contributed by atoms with E-state index in [0.717, 1.165) is 12.0 Å². The second-order valence-corrected chi connectivity index (χ2v) is 7.13. The summed E-state index contributed by atoms with van der Waals surface area (Å²) < 4.78 is 5.31. The van der Waals surface area contributed by atoms with Gasteiger partial charge in [0.25, 0.3) is 5.91 Å². The lowest BCUT2D eigenvalue weighted by atomic mass is 9.74. The monoisotopic (exact) mass is 358 g/mol. The molecule has 0 unspecified atom stereocenters. The molecule has 0 aliphatic carbocycles. The van der Waals surface area contributed by atoms with Crippen LogP contribution >= 0.6 is 0 Å². The van der Waals surface area contributed by atoms with Crippen LogP contribution < -0.4 is 0 Å². The average molecular weight is 358 g/mol. The summed E-state index contributed by atoms with van der Waals surface area (Å²) in [7, 11) is 0. The Balaban J connectivity index is 1.92. The highest BCUT2D eigenvalue weighted by molar-refractivity contribution is 6.00.